The van der Waals surface area contributed by atoms with Gasteiger partial charge in [0.05, 0.1) is 0 Å². The van der Waals surface area contributed by atoms with Crippen LogP contribution in [0.1, 0.15) is 49.8 Å². The molecule has 0 spiro atoms. The van der Waals surface area contributed by atoms with Crippen LogP contribution in [0.15, 0.2) is 24.3 Å². The van der Waals surface area contributed by atoms with Gasteiger partial charge in [-0.05, 0) is 43.5 Å². The molecule has 94 valence electrons. The zero-order chi connectivity index (χ0) is 12.4. The Labute approximate surface area is 105 Å². The van der Waals surface area contributed by atoms with Gasteiger partial charge in [-0.1, -0.05) is 38.1 Å². The minimum atomic E-state index is 0.277. The topological polar surface area (TPSA) is 29.3 Å². The molecule has 1 aromatic carbocycles. The molecule has 0 radical (unpaired) electrons. The van der Waals surface area contributed by atoms with Crippen molar-refractivity contribution in [3.05, 3.63) is 35.4 Å². The standard InChI is InChI=1S/C15H24N2/c1-11(2)12-6-8-13(9-7-12)15-14(16)5-4-10-17(15)3/h6-9,11,14-15H,4-5,10,16H2,1-3H3. The first kappa shape index (κ1) is 12.6. The minimum Gasteiger partial charge on any atom is -0.326 e. The third-order valence-corrected chi connectivity index (χ3v) is 3.87. The lowest BCUT2D eigenvalue weighted by molar-refractivity contribution is 0.163. The third kappa shape index (κ3) is 2.70. The molecule has 0 bridgehead atoms. The number of likely N-dealkylation sites (tertiary alicyclic amines) is 1. The summed E-state index contributed by atoms with van der Waals surface area (Å²) in [7, 11) is 2.18. The van der Waals surface area contributed by atoms with Crippen LogP contribution in [0.25, 0.3) is 0 Å². The van der Waals surface area contributed by atoms with E-state index in [1.165, 1.54) is 17.5 Å². The van der Waals surface area contributed by atoms with Crippen LogP contribution in [0.5, 0.6) is 0 Å². The smallest absolute Gasteiger partial charge is 0.0496 e. The first-order chi connectivity index (χ1) is 8.09. The Bertz CT molecular complexity index is 346. The lowest BCUT2D eigenvalue weighted by Gasteiger charge is -2.37. The Balaban J connectivity index is 2.20. The van der Waals surface area contributed by atoms with Crippen molar-refractivity contribution >= 4 is 0 Å². The molecule has 2 heteroatoms. The van der Waals surface area contributed by atoms with E-state index in [2.05, 4.69) is 50.1 Å². The Hall–Kier alpha value is -0.860. The van der Waals surface area contributed by atoms with Gasteiger partial charge < -0.3 is 5.73 Å². The van der Waals surface area contributed by atoms with Crippen LogP contribution in [0.2, 0.25) is 0 Å². The maximum Gasteiger partial charge on any atom is 0.0496 e. The monoisotopic (exact) mass is 232 g/mol. The Morgan fingerprint density at radius 1 is 1.24 bits per heavy atom. The zero-order valence-corrected chi connectivity index (χ0v) is 11.2. The Kier molecular flexibility index (Phi) is 3.85. The average Bonchev–Trinajstić information content (AvgIpc) is 2.29. The fourth-order valence-electron chi connectivity index (χ4n) is 2.78. The summed E-state index contributed by atoms with van der Waals surface area (Å²) >= 11 is 0. The molecule has 1 fully saturated rings. The predicted molar refractivity (Wildman–Crippen MR) is 73.1 cm³/mol. The fourth-order valence-corrected chi connectivity index (χ4v) is 2.78. The molecule has 17 heavy (non-hydrogen) atoms. The molecule has 0 aliphatic carbocycles. The summed E-state index contributed by atoms with van der Waals surface area (Å²) in [6, 6.07) is 9.66. The number of piperidine rings is 1. The number of nitrogens with zero attached hydrogens (tertiary/aromatic N) is 1. The molecule has 1 aliphatic rings. The van der Waals surface area contributed by atoms with E-state index in [0.717, 1.165) is 13.0 Å². The number of nitrogens with two attached hydrogens (primary N) is 1. The normalized spacial score (nSPS) is 26.4. The average molecular weight is 232 g/mol. The number of benzene rings is 1. The summed E-state index contributed by atoms with van der Waals surface area (Å²) in [5, 5.41) is 0. The van der Waals surface area contributed by atoms with Crippen LogP contribution in [-0.2, 0) is 0 Å². The van der Waals surface area contributed by atoms with Crippen LogP contribution in [0.3, 0.4) is 0 Å². The van der Waals surface area contributed by atoms with Crippen LogP contribution >= 0.6 is 0 Å². The van der Waals surface area contributed by atoms with Gasteiger partial charge in [-0.25, -0.2) is 0 Å². The molecule has 2 nitrogen and oxygen atoms in total. The second-order valence-corrected chi connectivity index (χ2v) is 5.55. The van der Waals surface area contributed by atoms with E-state index in [1.54, 1.807) is 0 Å². The molecule has 2 rings (SSSR count). The van der Waals surface area contributed by atoms with Crippen molar-refractivity contribution in [2.24, 2.45) is 5.73 Å². The lowest BCUT2D eigenvalue weighted by Crippen LogP contribution is -2.43. The van der Waals surface area contributed by atoms with E-state index in [4.69, 9.17) is 5.73 Å². The molecule has 2 N–H and O–H groups in total. The van der Waals surface area contributed by atoms with Crippen molar-refractivity contribution in [2.45, 2.75) is 44.7 Å². The van der Waals surface area contributed by atoms with Gasteiger partial charge in [-0.3, -0.25) is 4.90 Å². The quantitative estimate of drug-likeness (QED) is 0.849. The first-order valence-corrected chi connectivity index (χ1v) is 6.65. The van der Waals surface area contributed by atoms with E-state index in [-0.39, 0.29) is 6.04 Å². The summed E-state index contributed by atoms with van der Waals surface area (Å²) in [5.74, 6) is 0.599. The number of rotatable bonds is 2. The van der Waals surface area contributed by atoms with Crippen LogP contribution in [0, 0.1) is 0 Å². The highest BCUT2D eigenvalue weighted by molar-refractivity contribution is 5.28. The second-order valence-electron chi connectivity index (χ2n) is 5.55. The molecular weight excluding hydrogens is 208 g/mol. The molecule has 1 saturated heterocycles. The van der Waals surface area contributed by atoms with Crippen LogP contribution < -0.4 is 5.73 Å². The van der Waals surface area contributed by atoms with E-state index in [0.29, 0.717) is 12.0 Å². The second kappa shape index (κ2) is 5.19. The van der Waals surface area contributed by atoms with Gasteiger partial charge in [0.25, 0.3) is 0 Å². The van der Waals surface area contributed by atoms with E-state index < -0.39 is 0 Å². The van der Waals surface area contributed by atoms with Gasteiger partial charge in [0, 0.05) is 12.1 Å². The molecule has 1 heterocycles. The highest BCUT2D eigenvalue weighted by Crippen LogP contribution is 2.29. The highest BCUT2D eigenvalue weighted by Gasteiger charge is 2.27. The summed E-state index contributed by atoms with van der Waals surface area (Å²) in [6.07, 6.45) is 2.36. The number of hydrogen-bond donors (Lipinski definition) is 1. The summed E-state index contributed by atoms with van der Waals surface area (Å²) in [5.41, 5.74) is 9.03. The van der Waals surface area contributed by atoms with Crippen molar-refractivity contribution in [3.8, 4) is 0 Å². The molecule has 0 aromatic heterocycles. The molecule has 2 unspecified atom stereocenters. The van der Waals surface area contributed by atoms with Gasteiger partial charge in [0.15, 0.2) is 0 Å². The van der Waals surface area contributed by atoms with E-state index >= 15 is 0 Å². The highest BCUT2D eigenvalue weighted by atomic mass is 15.2. The van der Waals surface area contributed by atoms with E-state index in [9.17, 15) is 0 Å². The van der Waals surface area contributed by atoms with Crippen LogP contribution in [-0.4, -0.2) is 24.5 Å². The Morgan fingerprint density at radius 2 is 1.88 bits per heavy atom. The fraction of sp³-hybridized carbons (Fsp3) is 0.600. The molecule has 0 amide bonds. The SMILES string of the molecule is CC(C)c1ccc(C2C(N)CCCN2C)cc1. The van der Waals surface area contributed by atoms with Crippen molar-refractivity contribution in [1.82, 2.24) is 4.90 Å². The molecular formula is C15H24N2. The largest absolute Gasteiger partial charge is 0.326 e. The first-order valence-electron chi connectivity index (χ1n) is 6.65. The van der Waals surface area contributed by atoms with Crippen molar-refractivity contribution in [3.63, 3.8) is 0 Å². The van der Waals surface area contributed by atoms with Crippen LogP contribution in [0.4, 0.5) is 0 Å². The molecule has 1 aromatic rings. The summed E-state index contributed by atoms with van der Waals surface area (Å²) in [4.78, 5) is 2.39. The molecule has 0 saturated carbocycles. The maximum atomic E-state index is 6.26. The lowest BCUT2D eigenvalue weighted by atomic mass is 9.90. The van der Waals surface area contributed by atoms with Gasteiger partial charge in [0.2, 0.25) is 0 Å². The van der Waals surface area contributed by atoms with Gasteiger partial charge in [0.1, 0.15) is 0 Å². The summed E-state index contributed by atoms with van der Waals surface area (Å²) < 4.78 is 0. The zero-order valence-electron chi connectivity index (χ0n) is 11.2. The maximum absolute atomic E-state index is 6.26. The minimum absolute atomic E-state index is 0.277. The molecule has 1 aliphatic heterocycles. The summed E-state index contributed by atoms with van der Waals surface area (Å²) in [6.45, 7) is 5.62. The van der Waals surface area contributed by atoms with E-state index in [1.807, 2.05) is 0 Å². The number of hydrogen-bond acceptors (Lipinski definition) is 2. The van der Waals surface area contributed by atoms with Crippen molar-refractivity contribution in [1.29, 1.82) is 0 Å². The van der Waals surface area contributed by atoms with Gasteiger partial charge in [-0.15, -0.1) is 0 Å². The third-order valence-electron chi connectivity index (χ3n) is 3.87. The van der Waals surface area contributed by atoms with Gasteiger partial charge >= 0.3 is 0 Å². The van der Waals surface area contributed by atoms with Crippen molar-refractivity contribution in [2.75, 3.05) is 13.6 Å². The Morgan fingerprint density at radius 3 is 2.41 bits per heavy atom. The number of likely N-dealkylation sites (N-methyl/N-ethyl adjacent to an activating group) is 1. The predicted octanol–water partition coefficient (Wildman–Crippen LogP) is 2.90. The molecule has 2 atom stereocenters. The van der Waals surface area contributed by atoms with Crippen molar-refractivity contribution < 1.29 is 0 Å². The van der Waals surface area contributed by atoms with Gasteiger partial charge in [-0.2, -0.15) is 0 Å².